The van der Waals surface area contributed by atoms with Crippen LogP contribution < -0.4 is 0 Å². The average molecular weight is 443 g/mol. The van der Waals surface area contributed by atoms with Gasteiger partial charge >= 0.3 is 0 Å². The van der Waals surface area contributed by atoms with Crippen molar-refractivity contribution in [2.24, 2.45) is 0 Å². The molecule has 4 aromatic rings. The van der Waals surface area contributed by atoms with Gasteiger partial charge in [-0.25, -0.2) is 0 Å². The van der Waals surface area contributed by atoms with E-state index >= 15 is 0 Å². The van der Waals surface area contributed by atoms with E-state index in [2.05, 4.69) is 125 Å². The molecule has 0 saturated heterocycles. The normalized spacial score (nSPS) is 11.1. The molecule has 0 aliphatic rings. The molecule has 0 heterocycles. The highest BCUT2D eigenvalue weighted by atomic mass is 14.2. The van der Waals surface area contributed by atoms with Gasteiger partial charge in [-0.1, -0.05) is 134 Å². The number of hydrogen-bond donors (Lipinski definition) is 0. The van der Waals surface area contributed by atoms with Crippen molar-refractivity contribution in [1.29, 1.82) is 0 Å². The molecule has 0 aliphatic heterocycles. The van der Waals surface area contributed by atoms with E-state index in [1.807, 2.05) is 30.4 Å². The van der Waals surface area contributed by atoms with Gasteiger partial charge in [-0.15, -0.1) is 0 Å². The van der Waals surface area contributed by atoms with E-state index in [-0.39, 0.29) is 0 Å². The van der Waals surface area contributed by atoms with E-state index in [9.17, 15) is 0 Å². The molecule has 0 unspecified atom stereocenters. The molecule has 0 amide bonds. The monoisotopic (exact) mass is 442 g/mol. The summed E-state index contributed by atoms with van der Waals surface area (Å²) in [6, 6.07) is 34.0. The topological polar surface area (TPSA) is 0 Å². The van der Waals surface area contributed by atoms with Crippen LogP contribution in [0.5, 0.6) is 0 Å². The van der Waals surface area contributed by atoms with E-state index in [1.54, 1.807) is 0 Å². The summed E-state index contributed by atoms with van der Waals surface area (Å²) >= 11 is 0. The van der Waals surface area contributed by atoms with Crippen LogP contribution in [0.25, 0.3) is 27.8 Å². The molecule has 0 nitrogen and oxygen atoms in total. The lowest BCUT2D eigenvalue weighted by molar-refractivity contribution is 1.38. The van der Waals surface area contributed by atoms with Crippen LogP contribution in [-0.4, -0.2) is 0 Å². The van der Waals surface area contributed by atoms with Gasteiger partial charge < -0.3 is 0 Å². The minimum atomic E-state index is 1.21. The Bertz CT molecular complexity index is 1270. The molecule has 4 rings (SSSR count). The zero-order chi connectivity index (χ0) is 24.3. The maximum absolute atomic E-state index is 3.78. The second kappa shape index (κ2) is 12.4. The molecule has 0 spiro atoms. The molecule has 0 radical (unpaired) electrons. The average Bonchev–Trinajstić information content (AvgIpc) is 2.87. The number of allylic oxidation sites excluding steroid dienone is 5. The van der Waals surface area contributed by atoms with Crippen molar-refractivity contribution in [3.8, 4) is 22.3 Å². The van der Waals surface area contributed by atoms with Crippen LogP contribution in [0.2, 0.25) is 0 Å². The fourth-order valence-corrected chi connectivity index (χ4v) is 4.15. The highest BCUT2D eigenvalue weighted by Crippen LogP contribution is 2.35. The molecule has 0 atom stereocenters. The van der Waals surface area contributed by atoms with E-state index in [4.69, 9.17) is 0 Å². The predicted octanol–water partition coefficient (Wildman–Crippen LogP) is 9.78. The Morgan fingerprint density at radius 1 is 0.618 bits per heavy atom. The fourth-order valence-electron chi connectivity index (χ4n) is 4.15. The minimum absolute atomic E-state index is 1.21. The van der Waals surface area contributed by atoms with Crippen molar-refractivity contribution in [2.75, 3.05) is 0 Å². The number of rotatable bonds is 5. The van der Waals surface area contributed by atoms with Crippen LogP contribution >= 0.6 is 0 Å². The Morgan fingerprint density at radius 3 is 1.74 bits per heavy atom. The largest absolute Gasteiger partial charge is 0.0991 e. The smallest absolute Gasteiger partial charge is 0.0146 e. The molecule has 0 bridgehead atoms. The summed E-state index contributed by atoms with van der Waals surface area (Å²) in [7, 11) is 0. The third-order valence-corrected chi connectivity index (χ3v) is 6.02. The van der Waals surface area contributed by atoms with Gasteiger partial charge in [-0.3, -0.25) is 0 Å². The second-order valence-corrected chi connectivity index (χ2v) is 8.32. The van der Waals surface area contributed by atoms with Crippen LogP contribution in [0.15, 0.2) is 128 Å². The number of benzene rings is 4. The molecule has 0 saturated carbocycles. The summed E-state index contributed by atoms with van der Waals surface area (Å²) in [5.41, 5.74) is 11.5. The van der Waals surface area contributed by atoms with Crippen LogP contribution in [-0.2, 0) is 0 Å². The van der Waals surface area contributed by atoms with Crippen molar-refractivity contribution >= 4 is 5.57 Å². The van der Waals surface area contributed by atoms with Gasteiger partial charge in [-0.2, -0.15) is 0 Å². The summed E-state index contributed by atoms with van der Waals surface area (Å²) in [4.78, 5) is 0. The number of hydrogen-bond acceptors (Lipinski definition) is 0. The van der Waals surface area contributed by atoms with Crippen molar-refractivity contribution in [1.82, 2.24) is 0 Å². The van der Waals surface area contributed by atoms with Gasteiger partial charge in [0.1, 0.15) is 0 Å². The number of aryl methyl sites for hydroxylation is 1. The zero-order valence-electron chi connectivity index (χ0n) is 20.8. The van der Waals surface area contributed by atoms with Gasteiger partial charge in [0.15, 0.2) is 0 Å². The first kappa shape index (κ1) is 24.7. The van der Waals surface area contributed by atoms with E-state index in [0.717, 1.165) is 0 Å². The van der Waals surface area contributed by atoms with Crippen molar-refractivity contribution < 1.29 is 0 Å². The Kier molecular flexibility index (Phi) is 9.00. The van der Waals surface area contributed by atoms with E-state index in [1.165, 1.54) is 50.1 Å². The van der Waals surface area contributed by atoms with E-state index < -0.39 is 0 Å². The molecule has 4 aromatic carbocycles. The highest BCUT2D eigenvalue weighted by Gasteiger charge is 2.12. The standard InChI is InChI=1S/C27H26.C7H8/c1-5-7-13-22(6-2)24-16-11-18-26(20(24)3)27-19-12-17-25(21(27)4)23-14-9-8-10-15-23;1-7-5-3-2-4-6-7/h5-19H,1H2,2-4H3;2-6H,1H3/b13-7-,22-6+;. The zero-order valence-corrected chi connectivity index (χ0v) is 20.8. The van der Waals surface area contributed by atoms with Gasteiger partial charge in [0.05, 0.1) is 0 Å². The Labute approximate surface area is 205 Å². The lowest BCUT2D eigenvalue weighted by Crippen LogP contribution is -1.94. The first-order valence-electron chi connectivity index (χ1n) is 11.8. The highest BCUT2D eigenvalue weighted by molar-refractivity contribution is 5.84. The Morgan fingerprint density at radius 2 is 1.18 bits per heavy atom. The summed E-state index contributed by atoms with van der Waals surface area (Å²) < 4.78 is 0. The van der Waals surface area contributed by atoms with Gasteiger partial charge in [0, 0.05) is 0 Å². The first-order valence-corrected chi connectivity index (χ1v) is 11.8. The quantitative estimate of drug-likeness (QED) is 0.270. The molecule has 0 N–H and O–H groups in total. The molecule has 34 heavy (non-hydrogen) atoms. The van der Waals surface area contributed by atoms with Gasteiger partial charge in [-0.05, 0) is 72.2 Å². The van der Waals surface area contributed by atoms with Gasteiger partial charge in [0.2, 0.25) is 0 Å². The van der Waals surface area contributed by atoms with Crippen LogP contribution in [0.1, 0.15) is 29.2 Å². The SMILES string of the molecule is C=C/C=C\C(=C/C)c1cccc(-c2cccc(-c3ccccc3)c2C)c1C.Cc1ccccc1. The lowest BCUT2D eigenvalue weighted by Gasteiger charge is -2.16. The molecule has 0 heteroatoms. The van der Waals surface area contributed by atoms with Crippen molar-refractivity contribution in [2.45, 2.75) is 27.7 Å². The van der Waals surface area contributed by atoms with E-state index in [0.29, 0.717) is 0 Å². The molecular formula is C34H34. The summed E-state index contributed by atoms with van der Waals surface area (Å²) in [6.07, 6.45) is 8.07. The molecule has 0 fully saturated rings. The lowest BCUT2D eigenvalue weighted by atomic mass is 9.88. The third kappa shape index (κ3) is 6.11. The second-order valence-electron chi connectivity index (χ2n) is 8.32. The van der Waals surface area contributed by atoms with Crippen LogP contribution in [0.4, 0.5) is 0 Å². The first-order chi connectivity index (χ1) is 16.6. The molecule has 0 aromatic heterocycles. The van der Waals surface area contributed by atoms with Crippen molar-refractivity contribution in [3.63, 3.8) is 0 Å². The third-order valence-electron chi connectivity index (χ3n) is 6.02. The Balaban J connectivity index is 0.000000396. The minimum Gasteiger partial charge on any atom is -0.0991 e. The summed E-state index contributed by atoms with van der Waals surface area (Å²) in [5, 5.41) is 0. The summed E-state index contributed by atoms with van der Waals surface area (Å²) in [5.74, 6) is 0. The van der Waals surface area contributed by atoms with Crippen LogP contribution in [0.3, 0.4) is 0 Å². The predicted molar refractivity (Wildman–Crippen MR) is 151 cm³/mol. The molecule has 0 aliphatic carbocycles. The summed E-state index contributed by atoms with van der Waals surface area (Å²) in [6.45, 7) is 12.4. The Hall–Kier alpha value is -3.90. The molecular weight excluding hydrogens is 408 g/mol. The van der Waals surface area contributed by atoms with Crippen LogP contribution in [0, 0.1) is 20.8 Å². The maximum Gasteiger partial charge on any atom is -0.0146 e. The van der Waals surface area contributed by atoms with Crippen molar-refractivity contribution in [3.05, 3.63) is 150 Å². The maximum atomic E-state index is 3.78. The fraction of sp³-hybridized carbons (Fsp3) is 0.118. The molecule has 170 valence electrons. The van der Waals surface area contributed by atoms with Gasteiger partial charge in [0.25, 0.3) is 0 Å².